The van der Waals surface area contributed by atoms with Crippen molar-refractivity contribution in [3.63, 3.8) is 0 Å². The molecule has 0 spiro atoms. The summed E-state index contributed by atoms with van der Waals surface area (Å²) in [6.45, 7) is 0. The maximum atomic E-state index is 13.1. The van der Waals surface area contributed by atoms with Crippen molar-refractivity contribution in [1.82, 2.24) is 4.98 Å². The number of nitrogens with zero attached hydrogens (tertiary/aromatic N) is 2. The van der Waals surface area contributed by atoms with Crippen LogP contribution in [0.25, 0.3) is 11.1 Å². The molecule has 1 atom stereocenters. The van der Waals surface area contributed by atoms with Gasteiger partial charge in [0.05, 0.1) is 16.3 Å². The van der Waals surface area contributed by atoms with E-state index in [2.05, 4.69) is 10.3 Å². The van der Waals surface area contributed by atoms with E-state index in [-0.39, 0.29) is 16.8 Å². The van der Waals surface area contributed by atoms with Crippen LogP contribution >= 0.6 is 0 Å². The van der Waals surface area contributed by atoms with Gasteiger partial charge < -0.3 is 9.73 Å². The maximum absolute atomic E-state index is 13.1. The number of carbonyl (C=O) groups is 1. The number of hydrogen-bond acceptors (Lipinski definition) is 6. The summed E-state index contributed by atoms with van der Waals surface area (Å²) in [5.41, 5.74) is 2.81. The quantitative estimate of drug-likeness (QED) is 0.525. The number of nitrogens with one attached hydrogen (secondary N) is 1. The number of amides is 1. The third-order valence-corrected chi connectivity index (χ3v) is 5.84. The van der Waals surface area contributed by atoms with E-state index in [9.17, 15) is 13.2 Å². The van der Waals surface area contributed by atoms with Gasteiger partial charge in [-0.25, -0.2) is 13.6 Å². The molecule has 2 heterocycles. The Labute approximate surface area is 172 Å². The summed E-state index contributed by atoms with van der Waals surface area (Å²) in [5.74, 6) is -0.345. The molecule has 8 nitrogen and oxygen atoms in total. The molecule has 30 heavy (non-hydrogen) atoms. The third-order valence-electron chi connectivity index (χ3n) is 4.92. The minimum atomic E-state index is -3.93. The first kappa shape index (κ1) is 18.3. The number of nitrogens with two attached hydrogens (primary N) is 1. The van der Waals surface area contributed by atoms with Crippen molar-refractivity contribution >= 4 is 44.4 Å². The fraction of sp³-hybridized carbons (Fsp3) is 0.0476. The lowest BCUT2D eigenvalue weighted by Gasteiger charge is -2.35. The van der Waals surface area contributed by atoms with Crippen molar-refractivity contribution in [1.29, 1.82) is 0 Å². The molecule has 1 aromatic heterocycles. The highest BCUT2D eigenvalue weighted by Gasteiger charge is 2.38. The number of para-hydroxylation sites is 2. The van der Waals surface area contributed by atoms with Gasteiger partial charge in [-0.05, 0) is 35.9 Å². The summed E-state index contributed by atoms with van der Waals surface area (Å²) >= 11 is 0. The predicted molar refractivity (Wildman–Crippen MR) is 112 cm³/mol. The van der Waals surface area contributed by atoms with Crippen LogP contribution in [0.4, 0.5) is 17.4 Å². The molecule has 1 aliphatic rings. The molecule has 0 radical (unpaired) electrons. The molecule has 1 unspecified atom stereocenters. The second-order valence-electron chi connectivity index (χ2n) is 6.86. The smallest absolute Gasteiger partial charge is 0.304 e. The molecular formula is C21H16N4O4S. The Hall–Kier alpha value is -3.69. The number of oxazole rings is 1. The van der Waals surface area contributed by atoms with Crippen LogP contribution in [0.5, 0.6) is 0 Å². The SMILES string of the molecule is NS(=O)(=O)c1ccc2c(c1)NC(=O)C(c1ccccc1)N2c1nc2ccccc2o1. The van der Waals surface area contributed by atoms with E-state index >= 15 is 0 Å². The Morgan fingerprint density at radius 1 is 1.00 bits per heavy atom. The molecule has 1 amide bonds. The number of aromatic nitrogens is 1. The van der Waals surface area contributed by atoms with E-state index in [4.69, 9.17) is 9.56 Å². The van der Waals surface area contributed by atoms with Crippen molar-refractivity contribution in [3.8, 4) is 0 Å². The van der Waals surface area contributed by atoms with Gasteiger partial charge in [-0.1, -0.05) is 42.5 Å². The van der Waals surface area contributed by atoms with Gasteiger partial charge >= 0.3 is 6.01 Å². The zero-order valence-corrected chi connectivity index (χ0v) is 16.3. The molecule has 0 saturated heterocycles. The molecule has 0 saturated carbocycles. The van der Waals surface area contributed by atoms with Crippen LogP contribution in [0, 0.1) is 0 Å². The zero-order valence-electron chi connectivity index (χ0n) is 15.5. The normalized spacial score (nSPS) is 16.4. The van der Waals surface area contributed by atoms with Gasteiger partial charge in [-0.15, -0.1) is 0 Å². The van der Waals surface area contributed by atoms with Gasteiger partial charge in [-0.3, -0.25) is 9.69 Å². The van der Waals surface area contributed by atoms with Crippen molar-refractivity contribution in [3.05, 3.63) is 78.4 Å². The molecule has 0 aliphatic carbocycles. The van der Waals surface area contributed by atoms with Crippen LogP contribution in [0.1, 0.15) is 11.6 Å². The Kier molecular flexibility index (Phi) is 4.09. The second kappa shape index (κ2) is 6.68. The molecule has 3 aromatic carbocycles. The van der Waals surface area contributed by atoms with Crippen LogP contribution in [0.2, 0.25) is 0 Å². The number of benzene rings is 3. The Morgan fingerprint density at radius 3 is 2.47 bits per heavy atom. The fourth-order valence-corrected chi connectivity index (χ4v) is 4.11. The number of fused-ring (bicyclic) bond motifs is 2. The lowest BCUT2D eigenvalue weighted by Crippen LogP contribution is -2.39. The summed E-state index contributed by atoms with van der Waals surface area (Å²) in [7, 11) is -3.93. The summed E-state index contributed by atoms with van der Waals surface area (Å²) in [6, 6.07) is 20.3. The lowest BCUT2D eigenvalue weighted by atomic mass is 10.0. The molecule has 4 aromatic rings. The molecule has 3 N–H and O–H groups in total. The van der Waals surface area contributed by atoms with Crippen molar-refractivity contribution < 1.29 is 17.6 Å². The lowest BCUT2D eigenvalue weighted by molar-refractivity contribution is -0.117. The molecule has 1 aliphatic heterocycles. The second-order valence-corrected chi connectivity index (χ2v) is 8.42. The van der Waals surface area contributed by atoms with E-state index < -0.39 is 16.1 Å². The molecule has 9 heteroatoms. The summed E-state index contributed by atoms with van der Waals surface area (Å²) in [4.78, 5) is 19.2. The van der Waals surface area contributed by atoms with E-state index in [1.54, 1.807) is 17.0 Å². The monoisotopic (exact) mass is 420 g/mol. The van der Waals surface area contributed by atoms with Crippen LogP contribution in [0.3, 0.4) is 0 Å². The topological polar surface area (TPSA) is 119 Å². The minimum absolute atomic E-state index is 0.0998. The molecule has 0 fully saturated rings. The van der Waals surface area contributed by atoms with Crippen LogP contribution in [0.15, 0.2) is 82.1 Å². The van der Waals surface area contributed by atoms with Gasteiger partial charge in [0, 0.05) is 0 Å². The number of sulfonamides is 1. The van der Waals surface area contributed by atoms with Crippen molar-refractivity contribution in [2.75, 3.05) is 10.2 Å². The first-order valence-corrected chi connectivity index (χ1v) is 10.6. The van der Waals surface area contributed by atoms with Crippen LogP contribution in [-0.4, -0.2) is 19.3 Å². The van der Waals surface area contributed by atoms with E-state index in [1.807, 2.05) is 48.5 Å². The van der Waals surface area contributed by atoms with Gasteiger partial charge in [0.15, 0.2) is 5.58 Å². The number of primary sulfonamides is 1. The van der Waals surface area contributed by atoms with Gasteiger partial charge in [0.1, 0.15) is 11.6 Å². The highest BCUT2D eigenvalue weighted by Crippen LogP contribution is 2.44. The molecule has 150 valence electrons. The number of carbonyl (C=O) groups excluding carboxylic acids is 1. The Bertz CT molecular complexity index is 1350. The summed E-state index contributed by atoms with van der Waals surface area (Å²) in [6.07, 6.45) is 0. The first-order valence-electron chi connectivity index (χ1n) is 9.09. The number of anilines is 3. The van der Waals surface area contributed by atoms with Crippen LogP contribution in [-0.2, 0) is 14.8 Å². The largest absolute Gasteiger partial charge is 0.423 e. The Balaban J connectivity index is 1.74. The molecule has 0 bridgehead atoms. The first-order chi connectivity index (χ1) is 14.4. The standard InChI is InChI=1S/C21H16N4O4S/c22-30(27,28)14-10-11-17-16(12-14)23-20(26)19(13-6-2-1-3-7-13)25(17)21-24-15-8-4-5-9-18(15)29-21/h1-12,19H,(H,23,26)(H2,22,27,28). The molecular weight excluding hydrogens is 404 g/mol. The zero-order chi connectivity index (χ0) is 20.9. The highest BCUT2D eigenvalue weighted by atomic mass is 32.2. The highest BCUT2D eigenvalue weighted by molar-refractivity contribution is 7.89. The average molecular weight is 420 g/mol. The number of rotatable bonds is 3. The Morgan fingerprint density at radius 2 is 1.73 bits per heavy atom. The van der Waals surface area contributed by atoms with E-state index in [0.717, 1.165) is 5.56 Å². The minimum Gasteiger partial charge on any atom is -0.423 e. The van der Waals surface area contributed by atoms with Crippen molar-refractivity contribution in [2.24, 2.45) is 5.14 Å². The predicted octanol–water partition coefficient (Wildman–Crippen LogP) is 3.31. The van der Waals surface area contributed by atoms with Gasteiger partial charge in [0.2, 0.25) is 10.0 Å². The average Bonchev–Trinajstić information content (AvgIpc) is 3.16. The van der Waals surface area contributed by atoms with E-state index in [0.29, 0.717) is 22.5 Å². The van der Waals surface area contributed by atoms with Gasteiger partial charge in [-0.2, -0.15) is 4.98 Å². The van der Waals surface area contributed by atoms with Crippen LogP contribution < -0.4 is 15.4 Å². The maximum Gasteiger partial charge on any atom is 0.304 e. The third kappa shape index (κ3) is 3.00. The number of hydrogen-bond donors (Lipinski definition) is 2. The van der Waals surface area contributed by atoms with E-state index in [1.165, 1.54) is 12.1 Å². The fourth-order valence-electron chi connectivity index (χ4n) is 3.57. The summed E-state index contributed by atoms with van der Waals surface area (Å²) < 4.78 is 29.5. The summed E-state index contributed by atoms with van der Waals surface area (Å²) in [5, 5.41) is 8.04. The van der Waals surface area contributed by atoms with Crippen molar-refractivity contribution in [2.45, 2.75) is 10.9 Å². The van der Waals surface area contributed by atoms with Gasteiger partial charge in [0.25, 0.3) is 5.91 Å². The molecule has 5 rings (SSSR count).